The Kier molecular flexibility index (Phi) is 6.90. The van der Waals surface area contributed by atoms with Gasteiger partial charge in [-0.3, -0.25) is 4.79 Å². The molecule has 7 heteroatoms. The van der Waals surface area contributed by atoms with E-state index in [1.807, 2.05) is 30.3 Å². The minimum absolute atomic E-state index is 0.0609. The zero-order chi connectivity index (χ0) is 23.3. The Morgan fingerprint density at radius 1 is 1.03 bits per heavy atom. The van der Waals surface area contributed by atoms with Crippen molar-refractivity contribution in [2.75, 3.05) is 31.1 Å². The lowest BCUT2D eigenvalue weighted by molar-refractivity contribution is 0.0504. The van der Waals surface area contributed by atoms with Gasteiger partial charge in [0.1, 0.15) is 11.5 Å². The van der Waals surface area contributed by atoms with Crippen LogP contribution in [0.15, 0.2) is 59.1 Å². The van der Waals surface area contributed by atoms with Crippen molar-refractivity contribution in [1.82, 2.24) is 10.1 Å². The number of hydrogen-bond donors (Lipinski definition) is 0. The fourth-order valence-electron chi connectivity index (χ4n) is 4.86. The molecular weight excluding hydrogens is 433 g/mol. The molecule has 0 aliphatic carbocycles. The van der Waals surface area contributed by atoms with E-state index in [0.29, 0.717) is 19.0 Å². The predicted molar refractivity (Wildman–Crippen MR) is 128 cm³/mol. The fourth-order valence-corrected chi connectivity index (χ4v) is 4.86. The normalized spacial score (nSPS) is 18.3. The molecule has 0 N–H and O–H groups in total. The van der Waals surface area contributed by atoms with E-state index in [4.69, 9.17) is 9.26 Å². The van der Waals surface area contributed by atoms with Crippen molar-refractivity contribution < 1.29 is 18.4 Å². The van der Waals surface area contributed by atoms with Gasteiger partial charge < -0.3 is 19.1 Å². The highest BCUT2D eigenvalue weighted by atomic mass is 19.1. The van der Waals surface area contributed by atoms with Gasteiger partial charge in [-0.1, -0.05) is 47.6 Å². The van der Waals surface area contributed by atoms with E-state index >= 15 is 0 Å². The molecule has 0 radical (unpaired) electrons. The lowest BCUT2D eigenvalue weighted by atomic mass is 10.0. The molecule has 3 aromatic rings. The van der Waals surface area contributed by atoms with Gasteiger partial charge in [0.15, 0.2) is 0 Å². The Morgan fingerprint density at radius 3 is 2.53 bits per heavy atom. The first-order chi connectivity index (χ1) is 16.7. The largest absolute Gasteiger partial charge is 0.376 e. The highest BCUT2D eigenvalue weighted by Gasteiger charge is 2.30. The van der Waals surface area contributed by atoms with Crippen molar-refractivity contribution in [3.05, 3.63) is 71.5 Å². The summed E-state index contributed by atoms with van der Waals surface area (Å²) in [5, 5.41) is 4.44. The van der Waals surface area contributed by atoms with Gasteiger partial charge in [0.05, 0.1) is 23.8 Å². The summed E-state index contributed by atoms with van der Waals surface area (Å²) in [6.07, 6.45) is 5.17. The van der Waals surface area contributed by atoms with Crippen molar-refractivity contribution in [3.63, 3.8) is 0 Å². The highest BCUT2D eigenvalue weighted by molar-refractivity contribution is 5.94. The number of nitrogens with zero attached hydrogens (tertiary/aromatic N) is 3. The molecule has 34 heavy (non-hydrogen) atoms. The Balaban J connectivity index is 1.53. The number of anilines is 1. The van der Waals surface area contributed by atoms with Gasteiger partial charge in [0, 0.05) is 31.8 Å². The second-order valence-corrected chi connectivity index (χ2v) is 9.03. The first-order valence-electron chi connectivity index (χ1n) is 12.1. The number of carbonyl (C=O) groups is 1. The number of ether oxygens (including phenoxy) is 1. The standard InChI is InChI=1S/C27H30FN3O3/c28-24-14-6-5-13-22(24)26(32)31(18-21-12-9-17-33-21)19-23-25(20-10-3-1-4-11-20)29-34-27(23)30-15-7-2-8-16-30/h1,3-6,10-11,13-14,21H,2,7-9,12,15-19H2/t21-/m1/s1. The molecule has 2 aliphatic rings. The molecule has 0 bridgehead atoms. The van der Waals surface area contributed by atoms with Crippen molar-refractivity contribution >= 4 is 11.8 Å². The van der Waals surface area contributed by atoms with E-state index in [1.54, 1.807) is 17.0 Å². The zero-order valence-corrected chi connectivity index (χ0v) is 19.3. The van der Waals surface area contributed by atoms with Crippen LogP contribution >= 0.6 is 0 Å². The number of benzene rings is 2. The summed E-state index contributed by atoms with van der Waals surface area (Å²) in [5.41, 5.74) is 2.58. The number of halogens is 1. The zero-order valence-electron chi connectivity index (χ0n) is 19.3. The van der Waals surface area contributed by atoms with Crippen LogP contribution in [-0.4, -0.2) is 48.3 Å². The molecule has 2 fully saturated rings. The molecule has 5 rings (SSSR count). The number of piperidine rings is 1. The first kappa shape index (κ1) is 22.6. The van der Waals surface area contributed by atoms with E-state index in [-0.39, 0.29) is 24.1 Å². The van der Waals surface area contributed by atoms with Crippen LogP contribution in [0.25, 0.3) is 11.3 Å². The monoisotopic (exact) mass is 463 g/mol. The molecule has 6 nitrogen and oxygen atoms in total. The average molecular weight is 464 g/mol. The van der Waals surface area contributed by atoms with Crippen LogP contribution in [0.2, 0.25) is 0 Å². The van der Waals surface area contributed by atoms with Gasteiger partial charge in [-0.15, -0.1) is 0 Å². The first-order valence-corrected chi connectivity index (χ1v) is 12.1. The van der Waals surface area contributed by atoms with Crippen LogP contribution in [0.5, 0.6) is 0 Å². The summed E-state index contributed by atoms with van der Waals surface area (Å²) in [5.74, 6) is -0.162. The second-order valence-electron chi connectivity index (χ2n) is 9.03. The van der Waals surface area contributed by atoms with Gasteiger partial charge in [-0.25, -0.2) is 4.39 Å². The SMILES string of the molecule is O=C(c1ccccc1F)N(Cc1c(-c2ccccc2)noc1N1CCCCC1)C[C@H]1CCCO1. The maximum absolute atomic E-state index is 14.6. The number of hydrogen-bond acceptors (Lipinski definition) is 5. The minimum atomic E-state index is -0.519. The van der Waals surface area contributed by atoms with Crippen molar-refractivity contribution in [2.45, 2.75) is 44.8 Å². The molecule has 178 valence electrons. The smallest absolute Gasteiger partial charge is 0.257 e. The summed E-state index contributed by atoms with van der Waals surface area (Å²) >= 11 is 0. The number of aromatic nitrogens is 1. The molecule has 1 aromatic heterocycles. The van der Waals surface area contributed by atoms with E-state index in [9.17, 15) is 9.18 Å². The Hall–Kier alpha value is -3.19. The Bertz CT molecular complexity index is 1110. The lowest BCUT2D eigenvalue weighted by Crippen LogP contribution is -2.38. The molecule has 3 heterocycles. The molecule has 2 saturated heterocycles. The quantitative estimate of drug-likeness (QED) is 0.476. The number of amides is 1. The van der Waals surface area contributed by atoms with Crippen molar-refractivity contribution in [1.29, 1.82) is 0 Å². The third kappa shape index (κ3) is 4.85. The van der Waals surface area contributed by atoms with Crippen LogP contribution < -0.4 is 4.90 Å². The van der Waals surface area contributed by atoms with Crippen LogP contribution in [0.1, 0.15) is 48.0 Å². The Morgan fingerprint density at radius 2 is 1.79 bits per heavy atom. The number of rotatable bonds is 7. The average Bonchev–Trinajstić information content (AvgIpc) is 3.55. The minimum Gasteiger partial charge on any atom is -0.376 e. The second kappa shape index (κ2) is 10.4. The van der Waals surface area contributed by atoms with E-state index in [2.05, 4.69) is 10.1 Å². The Labute approximate surface area is 199 Å². The summed E-state index contributed by atoms with van der Waals surface area (Å²) in [4.78, 5) is 17.5. The van der Waals surface area contributed by atoms with Gasteiger partial charge in [0.25, 0.3) is 5.91 Å². The fraction of sp³-hybridized carbons (Fsp3) is 0.407. The van der Waals surface area contributed by atoms with E-state index in [1.165, 1.54) is 18.6 Å². The van der Waals surface area contributed by atoms with Crippen LogP contribution in [0, 0.1) is 5.82 Å². The molecule has 1 amide bonds. The lowest BCUT2D eigenvalue weighted by Gasteiger charge is -2.29. The maximum atomic E-state index is 14.6. The molecule has 0 unspecified atom stereocenters. The van der Waals surface area contributed by atoms with Crippen LogP contribution in [0.3, 0.4) is 0 Å². The van der Waals surface area contributed by atoms with Crippen LogP contribution in [0.4, 0.5) is 10.3 Å². The van der Waals surface area contributed by atoms with Gasteiger partial charge >= 0.3 is 0 Å². The molecule has 0 spiro atoms. The number of carbonyl (C=O) groups excluding carboxylic acids is 1. The molecule has 1 atom stereocenters. The molecule has 2 aromatic carbocycles. The van der Waals surface area contributed by atoms with E-state index in [0.717, 1.165) is 55.6 Å². The van der Waals surface area contributed by atoms with Crippen molar-refractivity contribution in [2.24, 2.45) is 0 Å². The van der Waals surface area contributed by atoms with Crippen LogP contribution in [-0.2, 0) is 11.3 Å². The third-order valence-electron chi connectivity index (χ3n) is 6.65. The molecule has 0 saturated carbocycles. The summed E-state index contributed by atoms with van der Waals surface area (Å²) in [6.45, 7) is 3.14. The summed E-state index contributed by atoms with van der Waals surface area (Å²) in [7, 11) is 0. The summed E-state index contributed by atoms with van der Waals surface area (Å²) in [6, 6.07) is 16.0. The molecule has 2 aliphatic heterocycles. The summed E-state index contributed by atoms with van der Waals surface area (Å²) < 4.78 is 26.3. The topological polar surface area (TPSA) is 58.8 Å². The predicted octanol–water partition coefficient (Wildman–Crippen LogP) is 5.29. The molecular formula is C27H30FN3O3. The van der Waals surface area contributed by atoms with Gasteiger partial charge in [-0.2, -0.15) is 0 Å². The maximum Gasteiger partial charge on any atom is 0.257 e. The third-order valence-corrected chi connectivity index (χ3v) is 6.65. The highest BCUT2D eigenvalue weighted by Crippen LogP contribution is 2.34. The van der Waals surface area contributed by atoms with E-state index < -0.39 is 5.82 Å². The van der Waals surface area contributed by atoms with Crippen molar-refractivity contribution in [3.8, 4) is 11.3 Å². The van der Waals surface area contributed by atoms with Gasteiger partial charge in [0.2, 0.25) is 5.88 Å². The van der Waals surface area contributed by atoms with Gasteiger partial charge in [-0.05, 0) is 44.2 Å².